The van der Waals surface area contributed by atoms with Crippen LogP contribution in [0.2, 0.25) is 0 Å². The number of nitriles is 1. The van der Waals surface area contributed by atoms with E-state index in [4.69, 9.17) is 17.0 Å². The predicted molar refractivity (Wildman–Crippen MR) is 223 cm³/mol. The molecule has 2 saturated carbocycles. The molecule has 2 amide bonds. The zero-order chi connectivity index (χ0) is 45.6. The lowest BCUT2D eigenvalue weighted by Crippen LogP contribution is -2.60. The lowest BCUT2D eigenvalue weighted by Gasteiger charge is -2.42. The molecule has 338 valence electrons. The first-order valence-electron chi connectivity index (χ1n) is 20.9. The van der Waals surface area contributed by atoms with Crippen molar-refractivity contribution < 1.29 is 50.3 Å². The number of nitrogens with zero attached hydrogens (tertiary/aromatic N) is 7. The molecule has 4 fully saturated rings. The van der Waals surface area contributed by atoms with Crippen molar-refractivity contribution in [3.8, 4) is 6.07 Å². The van der Waals surface area contributed by atoms with Gasteiger partial charge >= 0.3 is 12.4 Å². The summed E-state index contributed by atoms with van der Waals surface area (Å²) in [4.78, 5) is 57.1. The van der Waals surface area contributed by atoms with E-state index in [2.05, 4.69) is 10.4 Å². The van der Waals surface area contributed by atoms with E-state index in [9.17, 15) is 50.8 Å². The van der Waals surface area contributed by atoms with E-state index in [1.807, 2.05) is 0 Å². The van der Waals surface area contributed by atoms with Crippen molar-refractivity contribution in [2.24, 2.45) is 7.05 Å². The van der Waals surface area contributed by atoms with E-state index in [1.165, 1.54) is 10.7 Å². The molecule has 2 saturated heterocycles. The summed E-state index contributed by atoms with van der Waals surface area (Å²) in [6.45, 7) is 3.51. The molecule has 20 heteroatoms. The van der Waals surface area contributed by atoms with Gasteiger partial charge in [-0.2, -0.15) is 36.7 Å². The normalized spacial score (nSPS) is 24.1. The second-order valence-electron chi connectivity index (χ2n) is 17.2. The second-order valence-corrected chi connectivity index (χ2v) is 17.6. The van der Waals surface area contributed by atoms with Crippen LogP contribution >= 0.6 is 12.2 Å². The SMILES string of the molecule is Cn1nc(C2CCC(=O)CC2=O)c2cccc(NC(=O)CN3CCN(CCCOC4CCC(N5C(=S)N(c6ccc(C#N)c(C(F)(F)F)c6)C(=O)C5(C)C)CC4)C[C@@H]3C(F)(F)F)c21. The van der Waals surface area contributed by atoms with Crippen LogP contribution in [0.3, 0.4) is 0 Å². The molecule has 2 atom stereocenters. The van der Waals surface area contributed by atoms with Crippen LogP contribution in [-0.4, -0.2) is 122 Å². The topological polar surface area (TPSA) is 144 Å². The summed E-state index contributed by atoms with van der Waals surface area (Å²) in [6.07, 6.45) is -6.22. The van der Waals surface area contributed by atoms with Gasteiger partial charge in [-0.3, -0.25) is 33.7 Å². The van der Waals surface area contributed by atoms with Crippen molar-refractivity contribution in [2.45, 2.75) is 107 Å². The third-order valence-corrected chi connectivity index (χ3v) is 13.0. The van der Waals surface area contributed by atoms with Crippen LogP contribution in [0.5, 0.6) is 0 Å². The number of hydrogen-bond acceptors (Lipinski definition) is 10. The number of hydrogen-bond donors (Lipinski definition) is 1. The van der Waals surface area contributed by atoms with Gasteiger partial charge in [-0.25, -0.2) is 0 Å². The number of nitrogens with one attached hydrogen (secondary N) is 1. The summed E-state index contributed by atoms with van der Waals surface area (Å²) >= 11 is 5.69. The minimum atomic E-state index is -4.81. The molecule has 2 aliphatic carbocycles. The number of halogens is 6. The van der Waals surface area contributed by atoms with Gasteiger partial charge in [0.05, 0.1) is 64.8 Å². The van der Waals surface area contributed by atoms with Crippen LogP contribution in [0.15, 0.2) is 36.4 Å². The molecule has 3 heterocycles. The number of Topliss-reactive ketones (excluding diaryl/α,β-unsaturated/α-hetero) is 2. The molecule has 2 aromatic carbocycles. The van der Waals surface area contributed by atoms with Crippen molar-refractivity contribution in [2.75, 3.05) is 49.5 Å². The number of alkyl halides is 6. The summed E-state index contributed by atoms with van der Waals surface area (Å²) in [7, 11) is 1.66. The first-order chi connectivity index (χ1) is 29.7. The molecule has 1 unspecified atom stereocenters. The first-order valence-corrected chi connectivity index (χ1v) is 21.3. The fourth-order valence-corrected chi connectivity index (χ4v) is 10.1. The van der Waals surface area contributed by atoms with Crippen LogP contribution in [-0.2, 0) is 37.1 Å². The number of thiocarbonyl (C=S) groups is 1. The Morgan fingerprint density at radius 2 is 1.76 bits per heavy atom. The van der Waals surface area contributed by atoms with Crippen molar-refractivity contribution in [1.82, 2.24) is 24.5 Å². The van der Waals surface area contributed by atoms with E-state index >= 15 is 0 Å². The molecule has 1 aromatic heterocycles. The zero-order valence-electron chi connectivity index (χ0n) is 35.0. The minimum Gasteiger partial charge on any atom is -0.378 e. The standard InChI is InChI=1S/C43H48F6N8O5S/c1-41(2)39(61)56(27-9-8-25(22-50)32(20-27)42(44,45)46)40(63)57(41)26-10-13-29(14-11-26)62-19-5-16-54-17-18-55(35(23-54)43(47,48)49)24-36(60)51-33-7-4-6-31-37(52-53(3)38(31)33)30-15-12-28(58)21-34(30)59/h4,6-9,20,26,29-30,35H,5,10-19,21,23-24H2,1-3H3,(H,51,60)/t26?,29?,30?,35-/m1/s1. The number of carbonyl (C=O) groups excluding carboxylic acids is 4. The van der Waals surface area contributed by atoms with Crippen LogP contribution in [0.1, 0.15) is 88.0 Å². The Kier molecular flexibility index (Phi) is 13.1. The van der Waals surface area contributed by atoms with Gasteiger partial charge in [0.1, 0.15) is 23.1 Å². The maximum atomic E-state index is 14.4. The number of anilines is 2. The average Bonchev–Trinajstić information content (AvgIpc) is 3.64. The fraction of sp³-hybridized carbons (Fsp3) is 0.558. The Morgan fingerprint density at radius 1 is 1.03 bits per heavy atom. The van der Waals surface area contributed by atoms with Crippen molar-refractivity contribution in [1.29, 1.82) is 5.26 Å². The smallest absolute Gasteiger partial charge is 0.378 e. The molecule has 0 radical (unpaired) electrons. The van der Waals surface area contributed by atoms with Crippen LogP contribution < -0.4 is 10.2 Å². The average molecular weight is 903 g/mol. The lowest BCUT2D eigenvalue weighted by molar-refractivity contribution is -0.197. The van der Waals surface area contributed by atoms with Gasteiger partial charge in [0.2, 0.25) is 5.91 Å². The highest BCUT2D eigenvalue weighted by Gasteiger charge is 2.53. The van der Waals surface area contributed by atoms with Gasteiger partial charge in [-0.05, 0) is 88.9 Å². The number of ketones is 2. The van der Waals surface area contributed by atoms with Crippen LogP contribution in [0, 0.1) is 11.3 Å². The summed E-state index contributed by atoms with van der Waals surface area (Å²) in [6, 6.07) is 7.63. The maximum absolute atomic E-state index is 14.4. The number of carbonyl (C=O) groups is 4. The number of fused-ring (bicyclic) bond motifs is 1. The molecule has 1 N–H and O–H groups in total. The molecular weight excluding hydrogens is 855 g/mol. The van der Waals surface area contributed by atoms with Crippen LogP contribution in [0.4, 0.5) is 37.7 Å². The molecule has 7 rings (SSSR count). The van der Waals surface area contributed by atoms with Gasteiger partial charge < -0.3 is 19.9 Å². The van der Waals surface area contributed by atoms with Crippen molar-refractivity contribution in [3.63, 3.8) is 0 Å². The highest BCUT2D eigenvalue weighted by Crippen LogP contribution is 2.41. The van der Waals surface area contributed by atoms with Crippen LogP contribution in [0.25, 0.3) is 10.9 Å². The third-order valence-electron chi connectivity index (χ3n) is 12.7. The summed E-state index contributed by atoms with van der Waals surface area (Å²) in [5.41, 5.74) is -1.56. The molecule has 0 bridgehead atoms. The number of piperazine rings is 1. The largest absolute Gasteiger partial charge is 0.417 e. The predicted octanol–water partition coefficient (Wildman–Crippen LogP) is 6.49. The molecule has 0 spiro atoms. The highest BCUT2D eigenvalue weighted by atomic mass is 32.1. The quantitative estimate of drug-likeness (QED) is 0.0977. The lowest BCUT2D eigenvalue weighted by atomic mass is 9.84. The highest BCUT2D eigenvalue weighted by molar-refractivity contribution is 7.80. The number of ether oxygens (including phenoxy) is 1. The summed E-state index contributed by atoms with van der Waals surface area (Å²) in [5.74, 6) is -1.99. The number of aromatic nitrogens is 2. The maximum Gasteiger partial charge on any atom is 0.417 e. The van der Waals surface area contributed by atoms with E-state index in [0.29, 0.717) is 80.5 Å². The van der Waals surface area contributed by atoms with Gasteiger partial charge in [0, 0.05) is 57.7 Å². The van der Waals surface area contributed by atoms with E-state index < -0.39 is 59.3 Å². The Balaban J connectivity index is 0.886. The number of amides is 2. The molecule has 3 aromatic rings. The Hall–Kier alpha value is -4.97. The van der Waals surface area contributed by atoms with E-state index in [-0.39, 0.29) is 60.4 Å². The minimum absolute atomic E-state index is 0.00828. The molecule has 63 heavy (non-hydrogen) atoms. The molecule has 2 aliphatic heterocycles. The second kappa shape index (κ2) is 17.9. The number of para-hydroxylation sites is 1. The van der Waals surface area contributed by atoms with Crippen molar-refractivity contribution in [3.05, 3.63) is 53.2 Å². The Bertz CT molecular complexity index is 2340. The van der Waals surface area contributed by atoms with Crippen molar-refractivity contribution >= 4 is 63.0 Å². The monoisotopic (exact) mass is 902 g/mol. The third kappa shape index (κ3) is 9.47. The van der Waals surface area contributed by atoms with Gasteiger partial charge in [0.25, 0.3) is 5.91 Å². The fourth-order valence-electron chi connectivity index (χ4n) is 9.50. The number of benzene rings is 2. The molecular formula is C43H48F6N8O5S. The summed E-state index contributed by atoms with van der Waals surface area (Å²) < 4.78 is 92.2. The first kappa shape index (κ1) is 46.0. The van der Waals surface area contributed by atoms with Gasteiger partial charge in [-0.15, -0.1) is 0 Å². The Labute approximate surface area is 365 Å². The van der Waals surface area contributed by atoms with E-state index in [0.717, 1.165) is 21.9 Å². The van der Waals surface area contributed by atoms with Gasteiger partial charge in [-0.1, -0.05) is 12.1 Å². The molecule has 4 aliphatic rings. The van der Waals surface area contributed by atoms with Gasteiger partial charge in [0.15, 0.2) is 5.11 Å². The number of aryl methyl sites for hydroxylation is 1. The zero-order valence-corrected chi connectivity index (χ0v) is 35.8. The van der Waals surface area contributed by atoms with E-state index in [1.54, 1.807) is 55.0 Å². The number of rotatable bonds is 11. The summed E-state index contributed by atoms with van der Waals surface area (Å²) in [5, 5.41) is 17.2. The Morgan fingerprint density at radius 3 is 2.43 bits per heavy atom. The molecule has 13 nitrogen and oxygen atoms in total.